The molecular formula is C22H22N4O2S. The summed E-state index contributed by atoms with van der Waals surface area (Å²) >= 11 is 1.69. The molecule has 0 radical (unpaired) electrons. The van der Waals surface area contributed by atoms with Crippen LogP contribution in [-0.2, 0) is 11.2 Å². The number of nitrogens with zero attached hydrogens (tertiary/aromatic N) is 3. The number of rotatable bonds is 5. The van der Waals surface area contributed by atoms with Gasteiger partial charge in [-0.05, 0) is 41.8 Å². The monoisotopic (exact) mass is 406 g/mol. The third-order valence-electron chi connectivity index (χ3n) is 5.47. The maximum Gasteiger partial charge on any atom is 0.274 e. The highest BCUT2D eigenvalue weighted by molar-refractivity contribution is 7.13. The third-order valence-corrected chi connectivity index (χ3v) is 6.39. The topological polar surface area (TPSA) is 89.2 Å². The van der Waals surface area contributed by atoms with Crippen LogP contribution in [0.3, 0.4) is 0 Å². The molecule has 7 heteroatoms. The fourth-order valence-electron chi connectivity index (χ4n) is 3.93. The zero-order chi connectivity index (χ0) is 20.3. The van der Waals surface area contributed by atoms with Gasteiger partial charge < -0.3 is 10.6 Å². The fourth-order valence-corrected chi connectivity index (χ4v) is 4.66. The Bertz CT molecular complexity index is 989. The maximum atomic E-state index is 12.8. The zero-order valence-electron chi connectivity index (χ0n) is 16.0. The van der Waals surface area contributed by atoms with E-state index in [2.05, 4.69) is 33.5 Å². The number of benzene rings is 1. The van der Waals surface area contributed by atoms with Gasteiger partial charge in [0.1, 0.15) is 5.69 Å². The molecule has 1 aliphatic rings. The van der Waals surface area contributed by atoms with Crippen LogP contribution in [0, 0.1) is 5.41 Å². The molecule has 1 aliphatic heterocycles. The first-order chi connectivity index (χ1) is 14.1. The number of aromatic nitrogens is 2. The van der Waals surface area contributed by atoms with Gasteiger partial charge in [0.15, 0.2) is 0 Å². The number of hydrogen-bond acceptors (Lipinski definition) is 5. The van der Waals surface area contributed by atoms with E-state index in [0.717, 1.165) is 17.5 Å². The van der Waals surface area contributed by atoms with E-state index in [-0.39, 0.29) is 17.5 Å². The van der Waals surface area contributed by atoms with E-state index in [1.807, 2.05) is 18.2 Å². The van der Waals surface area contributed by atoms with Crippen LogP contribution in [0.1, 0.15) is 28.9 Å². The van der Waals surface area contributed by atoms with Gasteiger partial charge in [-0.2, -0.15) is 0 Å². The van der Waals surface area contributed by atoms with E-state index in [1.165, 1.54) is 23.5 Å². The van der Waals surface area contributed by atoms with Crippen molar-refractivity contribution in [2.24, 2.45) is 11.1 Å². The number of amides is 2. The Morgan fingerprint density at radius 2 is 2.00 bits per heavy atom. The van der Waals surface area contributed by atoms with E-state index in [0.29, 0.717) is 25.9 Å². The number of carbonyl (C=O) groups excluding carboxylic acids is 2. The average molecular weight is 407 g/mol. The summed E-state index contributed by atoms with van der Waals surface area (Å²) in [7, 11) is 0. The second-order valence-electron chi connectivity index (χ2n) is 7.42. The Balaban J connectivity index is 1.54. The van der Waals surface area contributed by atoms with E-state index < -0.39 is 5.41 Å². The summed E-state index contributed by atoms with van der Waals surface area (Å²) < 4.78 is 0. The first-order valence-electron chi connectivity index (χ1n) is 9.55. The van der Waals surface area contributed by atoms with Crippen LogP contribution in [0.15, 0.2) is 60.4 Å². The zero-order valence-corrected chi connectivity index (χ0v) is 16.8. The lowest BCUT2D eigenvalue weighted by molar-refractivity contribution is -0.130. The molecule has 0 bridgehead atoms. The summed E-state index contributed by atoms with van der Waals surface area (Å²) in [5, 5.41) is 2.05. The molecule has 6 nitrogen and oxygen atoms in total. The van der Waals surface area contributed by atoms with Gasteiger partial charge in [0.25, 0.3) is 5.91 Å². The lowest BCUT2D eigenvalue weighted by atomic mass is 9.74. The molecule has 4 rings (SSSR count). The minimum absolute atomic E-state index is 0.212. The summed E-state index contributed by atoms with van der Waals surface area (Å²) in [6.45, 7) is 0.881. The molecule has 0 spiro atoms. The minimum atomic E-state index is -0.777. The van der Waals surface area contributed by atoms with Gasteiger partial charge >= 0.3 is 0 Å². The Hall–Kier alpha value is -3.06. The van der Waals surface area contributed by atoms with Crippen molar-refractivity contribution < 1.29 is 9.59 Å². The van der Waals surface area contributed by atoms with Crippen LogP contribution in [0.2, 0.25) is 0 Å². The number of thiophene rings is 1. The summed E-state index contributed by atoms with van der Waals surface area (Å²) in [5.74, 6) is -0.576. The van der Waals surface area contributed by atoms with Crippen molar-refractivity contribution in [3.05, 3.63) is 71.6 Å². The van der Waals surface area contributed by atoms with Crippen molar-refractivity contribution in [3.63, 3.8) is 0 Å². The molecule has 1 saturated heterocycles. The number of carbonyl (C=O) groups is 2. The molecule has 2 amide bonds. The number of nitrogens with two attached hydrogens (primary N) is 1. The van der Waals surface area contributed by atoms with Gasteiger partial charge in [-0.3, -0.25) is 14.6 Å². The van der Waals surface area contributed by atoms with Crippen molar-refractivity contribution in [2.45, 2.75) is 19.3 Å². The third kappa shape index (κ3) is 4.05. The number of piperidine rings is 1. The van der Waals surface area contributed by atoms with Gasteiger partial charge in [-0.15, -0.1) is 11.3 Å². The molecule has 0 saturated carbocycles. The number of hydrogen-bond donors (Lipinski definition) is 1. The Morgan fingerprint density at radius 1 is 1.17 bits per heavy atom. The summed E-state index contributed by atoms with van der Waals surface area (Å²) in [6, 6.07) is 12.3. The van der Waals surface area contributed by atoms with Crippen molar-refractivity contribution in [1.29, 1.82) is 0 Å². The minimum Gasteiger partial charge on any atom is -0.369 e. The molecular weight excluding hydrogens is 384 g/mol. The van der Waals surface area contributed by atoms with Gasteiger partial charge in [0.05, 0.1) is 11.6 Å². The summed E-state index contributed by atoms with van der Waals surface area (Å²) in [4.78, 5) is 36.3. The summed E-state index contributed by atoms with van der Waals surface area (Å²) in [6.07, 6.45) is 6.37. The molecule has 2 N–H and O–H groups in total. The van der Waals surface area contributed by atoms with E-state index >= 15 is 0 Å². The number of likely N-dealkylation sites (tertiary alicyclic amines) is 1. The lowest BCUT2D eigenvalue weighted by Crippen LogP contribution is -2.53. The van der Waals surface area contributed by atoms with Crippen molar-refractivity contribution >= 4 is 23.2 Å². The first kappa shape index (κ1) is 19.3. The normalized spacial score (nSPS) is 19.1. The van der Waals surface area contributed by atoms with Crippen molar-refractivity contribution in [1.82, 2.24) is 14.9 Å². The lowest BCUT2D eigenvalue weighted by Gasteiger charge is -2.40. The van der Waals surface area contributed by atoms with E-state index in [4.69, 9.17) is 5.73 Å². The quantitative estimate of drug-likeness (QED) is 0.705. The van der Waals surface area contributed by atoms with Crippen LogP contribution in [0.5, 0.6) is 0 Å². The highest BCUT2D eigenvalue weighted by atomic mass is 32.1. The first-order valence-corrected chi connectivity index (χ1v) is 10.4. The highest BCUT2D eigenvalue weighted by Crippen LogP contribution is 2.35. The van der Waals surface area contributed by atoms with Gasteiger partial charge in [0.2, 0.25) is 5.91 Å². The van der Waals surface area contributed by atoms with Gasteiger partial charge in [-0.1, -0.05) is 30.3 Å². The molecule has 148 valence electrons. The summed E-state index contributed by atoms with van der Waals surface area (Å²) in [5.41, 5.74) is 7.56. The predicted octanol–water partition coefficient (Wildman–Crippen LogP) is 3.16. The molecule has 1 atom stereocenters. The van der Waals surface area contributed by atoms with Crippen LogP contribution in [0.25, 0.3) is 10.4 Å². The SMILES string of the molecule is NC(=O)C1(Cc2ccc(-c3cccs3)cc2)CCCN(C(=O)c2cnccn2)C1. The molecule has 1 fully saturated rings. The van der Waals surface area contributed by atoms with Gasteiger partial charge in [-0.25, -0.2) is 4.98 Å². The Labute approximate surface area is 173 Å². The maximum absolute atomic E-state index is 12.8. The predicted molar refractivity (Wildman–Crippen MR) is 112 cm³/mol. The Morgan fingerprint density at radius 3 is 2.66 bits per heavy atom. The van der Waals surface area contributed by atoms with E-state index in [1.54, 1.807) is 16.2 Å². The number of primary amides is 1. The molecule has 1 aromatic carbocycles. The molecule has 0 aliphatic carbocycles. The van der Waals surface area contributed by atoms with Gasteiger partial charge in [0, 0.05) is 30.4 Å². The fraction of sp³-hybridized carbons (Fsp3) is 0.273. The Kier molecular flexibility index (Phi) is 5.40. The molecule has 1 unspecified atom stereocenters. The molecule has 29 heavy (non-hydrogen) atoms. The second-order valence-corrected chi connectivity index (χ2v) is 8.36. The van der Waals surface area contributed by atoms with Crippen molar-refractivity contribution in [2.75, 3.05) is 13.1 Å². The average Bonchev–Trinajstić information content (AvgIpc) is 3.29. The van der Waals surface area contributed by atoms with Crippen molar-refractivity contribution in [3.8, 4) is 10.4 Å². The largest absolute Gasteiger partial charge is 0.369 e. The van der Waals surface area contributed by atoms with E-state index in [9.17, 15) is 9.59 Å². The molecule has 3 heterocycles. The van der Waals surface area contributed by atoms with Crippen LogP contribution >= 0.6 is 11.3 Å². The highest BCUT2D eigenvalue weighted by Gasteiger charge is 2.42. The standard InChI is InChI=1S/C22H22N4O2S/c23-21(28)22(13-16-4-6-17(7-5-16)19-3-1-12-29-19)8-2-11-26(15-22)20(27)18-14-24-9-10-25-18/h1,3-7,9-10,12,14H,2,8,11,13,15H2,(H2,23,28). The smallest absolute Gasteiger partial charge is 0.274 e. The second kappa shape index (κ2) is 8.13. The van der Waals surface area contributed by atoms with Crippen LogP contribution in [-0.4, -0.2) is 39.8 Å². The molecule has 3 aromatic rings. The van der Waals surface area contributed by atoms with Crippen LogP contribution < -0.4 is 5.73 Å². The van der Waals surface area contributed by atoms with Crippen LogP contribution in [0.4, 0.5) is 0 Å². The molecule has 2 aromatic heterocycles.